The number of hydrazine groups is 1. The van der Waals surface area contributed by atoms with Crippen LogP contribution in [0.1, 0.15) is 46.9 Å². The van der Waals surface area contributed by atoms with Gasteiger partial charge in [0.05, 0.1) is 0 Å². The normalized spacial score (nSPS) is 13.2. The van der Waals surface area contributed by atoms with Crippen molar-refractivity contribution in [3.8, 4) is 0 Å². The van der Waals surface area contributed by atoms with Gasteiger partial charge in [-0.25, -0.2) is 15.8 Å². The van der Waals surface area contributed by atoms with Crippen molar-refractivity contribution < 1.29 is 0 Å². The smallest absolute Gasteiger partial charge is 0.145 e. The Labute approximate surface area is 116 Å². The summed E-state index contributed by atoms with van der Waals surface area (Å²) in [6, 6.07) is 1.84. The Bertz CT molecular complexity index is 397. The van der Waals surface area contributed by atoms with E-state index in [2.05, 4.69) is 55.3 Å². The third kappa shape index (κ3) is 5.03. The van der Waals surface area contributed by atoms with Crippen molar-refractivity contribution in [1.29, 1.82) is 0 Å². The van der Waals surface area contributed by atoms with Gasteiger partial charge in [0.1, 0.15) is 17.5 Å². The van der Waals surface area contributed by atoms with Crippen molar-refractivity contribution in [3.05, 3.63) is 11.9 Å². The maximum Gasteiger partial charge on any atom is 0.145 e. The Balaban J connectivity index is 2.74. The van der Waals surface area contributed by atoms with Gasteiger partial charge in [-0.3, -0.25) is 0 Å². The van der Waals surface area contributed by atoms with Gasteiger partial charge >= 0.3 is 0 Å². The highest BCUT2D eigenvalue weighted by Gasteiger charge is 2.19. The zero-order valence-electron chi connectivity index (χ0n) is 12.7. The van der Waals surface area contributed by atoms with Crippen molar-refractivity contribution in [1.82, 2.24) is 9.97 Å². The molecule has 0 saturated heterocycles. The van der Waals surface area contributed by atoms with E-state index in [1.807, 2.05) is 6.07 Å². The van der Waals surface area contributed by atoms with Gasteiger partial charge in [-0.2, -0.15) is 0 Å². The minimum absolute atomic E-state index is 0.279. The van der Waals surface area contributed by atoms with E-state index >= 15 is 0 Å². The van der Waals surface area contributed by atoms with E-state index in [-0.39, 0.29) is 5.41 Å². The summed E-state index contributed by atoms with van der Waals surface area (Å²) in [6.07, 6.45) is 1.88. The summed E-state index contributed by atoms with van der Waals surface area (Å²) >= 11 is 0. The molecule has 0 aliphatic carbocycles. The van der Waals surface area contributed by atoms with Crippen molar-refractivity contribution in [2.45, 2.75) is 47.5 Å². The Morgan fingerprint density at radius 2 is 1.89 bits per heavy atom. The molecule has 5 nitrogen and oxygen atoms in total. The van der Waals surface area contributed by atoms with Gasteiger partial charge in [-0.05, 0) is 17.8 Å². The van der Waals surface area contributed by atoms with Crippen molar-refractivity contribution in [3.63, 3.8) is 0 Å². The zero-order valence-corrected chi connectivity index (χ0v) is 12.7. The second-order valence-corrected chi connectivity index (χ2v) is 6.10. The molecule has 1 rings (SSSR count). The lowest BCUT2D eigenvalue weighted by Gasteiger charge is -2.27. The third-order valence-corrected chi connectivity index (χ3v) is 3.46. The number of nitrogens with two attached hydrogens (primary N) is 1. The van der Waals surface area contributed by atoms with Crippen LogP contribution in [0.25, 0.3) is 0 Å². The Morgan fingerprint density at radius 1 is 1.26 bits per heavy atom. The molecule has 5 heteroatoms. The topological polar surface area (TPSA) is 75.9 Å². The molecule has 0 amide bonds. The zero-order chi connectivity index (χ0) is 14.5. The molecule has 0 spiro atoms. The average molecular weight is 265 g/mol. The summed E-state index contributed by atoms with van der Waals surface area (Å²) in [6.45, 7) is 12.0. The molecule has 0 aliphatic heterocycles. The highest BCUT2D eigenvalue weighted by Crippen LogP contribution is 2.25. The van der Waals surface area contributed by atoms with Crippen LogP contribution in [0.2, 0.25) is 0 Å². The molecule has 0 aliphatic rings. The molecule has 0 fully saturated rings. The summed E-state index contributed by atoms with van der Waals surface area (Å²) in [5.41, 5.74) is 2.87. The van der Waals surface area contributed by atoms with E-state index in [4.69, 9.17) is 5.84 Å². The molecule has 1 aromatic rings. The number of anilines is 2. The summed E-state index contributed by atoms with van der Waals surface area (Å²) in [4.78, 5) is 8.84. The van der Waals surface area contributed by atoms with Crippen LogP contribution in [0.15, 0.2) is 6.07 Å². The van der Waals surface area contributed by atoms with E-state index < -0.39 is 0 Å². The van der Waals surface area contributed by atoms with Crippen LogP contribution in [0.3, 0.4) is 0 Å². The quantitative estimate of drug-likeness (QED) is 0.544. The lowest BCUT2D eigenvalue weighted by molar-refractivity contribution is 0.274. The minimum atomic E-state index is 0.279. The summed E-state index contributed by atoms with van der Waals surface area (Å²) in [5, 5.41) is 3.38. The molecule has 1 aromatic heterocycles. The van der Waals surface area contributed by atoms with E-state index in [9.17, 15) is 0 Å². The van der Waals surface area contributed by atoms with Crippen molar-refractivity contribution >= 4 is 11.6 Å². The number of rotatable bonds is 6. The molecule has 0 saturated carbocycles. The molecule has 1 heterocycles. The SMILES string of the molecule is CCCc1nc(NN)cc(NCC(C)C(C)(C)C)n1. The van der Waals surface area contributed by atoms with E-state index in [1.54, 1.807) is 0 Å². The second kappa shape index (κ2) is 6.70. The summed E-state index contributed by atoms with van der Waals surface area (Å²) < 4.78 is 0. The number of nitrogens with one attached hydrogen (secondary N) is 2. The fourth-order valence-corrected chi connectivity index (χ4v) is 1.56. The highest BCUT2D eigenvalue weighted by molar-refractivity contribution is 5.46. The van der Waals surface area contributed by atoms with E-state index in [0.717, 1.165) is 31.0 Å². The average Bonchev–Trinajstić information content (AvgIpc) is 2.34. The first-order valence-electron chi connectivity index (χ1n) is 6.95. The van der Waals surface area contributed by atoms with Crippen LogP contribution in [-0.4, -0.2) is 16.5 Å². The summed E-state index contributed by atoms with van der Waals surface area (Å²) in [5.74, 6) is 8.30. The Morgan fingerprint density at radius 3 is 2.42 bits per heavy atom. The monoisotopic (exact) mass is 265 g/mol. The van der Waals surface area contributed by atoms with Gasteiger partial charge < -0.3 is 10.7 Å². The molecule has 19 heavy (non-hydrogen) atoms. The molecule has 0 aromatic carbocycles. The molecule has 1 atom stereocenters. The highest BCUT2D eigenvalue weighted by atomic mass is 15.3. The van der Waals surface area contributed by atoms with Gasteiger partial charge in [-0.15, -0.1) is 0 Å². The van der Waals surface area contributed by atoms with E-state index in [1.165, 1.54) is 0 Å². The molecule has 0 radical (unpaired) electrons. The van der Waals surface area contributed by atoms with Gasteiger partial charge in [0.2, 0.25) is 0 Å². The van der Waals surface area contributed by atoms with Crippen LogP contribution in [0, 0.1) is 11.3 Å². The fraction of sp³-hybridized carbons (Fsp3) is 0.714. The van der Waals surface area contributed by atoms with Crippen molar-refractivity contribution in [2.24, 2.45) is 17.2 Å². The molecule has 108 valence electrons. The van der Waals surface area contributed by atoms with Crippen LogP contribution in [0.4, 0.5) is 11.6 Å². The molecular formula is C14H27N5. The number of nitrogens with zero attached hydrogens (tertiary/aromatic N) is 2. The third-order valence-electron chi connectivity index (χ3n) is 3.46. The minimum Gasteiger partial charge on any atom is -0.370 e. The van der Waals surface area contributed by atoms with Gasteiger partial charge in [0.25, 0.3) is 0 Å². The largest absolute Gasteiger partial charge is 0.370 e. The fourth-order valence-electron chi connectivity index (χ4n) is 1.56. The molecule has 0 bridgehead atoms. The Hall–Kier alpha value is -1.36. The lowest BCUT2D eigenvalue weighted by atomic mass is 9.82. The van der Waals surface area contributed by atoms with Crippen LogP contribution in [-0.2, 0) is 6.42 Å². The second-order valence-electron chi connectivity index (χ2n) is 6.10. The molecule has 4 N–H and O–H groups in total. The first-order chi connectivity index (χ1) is 8.86. The van der Waals surface area contributed by atoms with Crippen molar-refractivity contribution in [2.75, 3.05) is 17.3 Å². The van der Waals surface area contributed by atoms with Crippen LogP contribution >= 0.6 is 0 Å². The lowest BCUT2D eigenvalue weighted by Crippen LogP contribution is -2.25. The number of hydrogen-bond donors (Lipinski definition) is 3. The number of aryl methyl sites for hydroxylation is 1. The van der Waals surface area contributed by atoms with E-state index in [0.29, 0.717) is 11.7 Å². The molecular weight excluding hydrogens is 238 g/mol. The van der Waals surface area contributed by atoms with Gasteiger partial charge in [0, 0.05) is 19.0 Å². The van der Waals surface area contributed by atoms with Crippen LogP contribution < -0.4 is 16.6 Å². The molecule has 1 unspecified atom stereocenters. The van der Waals surface area contributed by atoms with Gasteiger partial charge in [-0.1, -0.05) is 34.6 Å². The first-order valence-corrected chi connectivity index (χ1v) is 6.95. The predicted octanol–water partition coefficient (Wildman–Crippen LogP) is 2.81. The first kappa shape index (κ1) is 15.7. The number of aromatic nitrogens is 2. The van der Waals surface area contributed by atoms with Crippen LogP contribution in [0.5, 0.6) is 0 Å². The standard InChI is InChI=1S/C14H27N5/c1-6-7-11-17-12(8-13(18-11)19-15)16-9-10(2)14(3,4)5/h8,10H,6-7,9,15H2,1-5H3,(H2,16,17,18,19). The maximum atomic E-state index is 5.44. The maximum absolute atomic E-state index is 5.44. The van der Waals surface area contributed by atoms with Gasteiger partial charge in [0.15, 0.2) is 0 Å². The predicted molar refractivity (Wildman–Crippen MR) is 80.9 cm³/mol. The number of nitrogen functional groups attached to an aromatic ring is 1. The summed E-state index contributed by atoms with van der Waals surface area (Å²) in [7, 11) is 0. The Kier molecular flexibility index (Phi) is 5.54. The number of hydrogen-bond acceptors (Lipinski definition) is 5.